The first-order valence-electron chi connectivity index (χ1n) is 8.93. The first-order chi connectivity index (χ1) is 13.0. The van der Waals surface area contributed by atoms with Gasteiger partial charge in [-0.05, 0) is 24.6 Å². The van der Waals surface area contributed by atoms with Crippen LogP contribution in [0.3, 0.4) is 0 Å². The topological polar surface area (TPSA) is 79.7 Å². The summed E-state index contributed by atoms with van der Waals surface area (Å²) in [6, 6.07) is 8.36. The lowest BCUT2D eigenvalue weighted by Crippen LogP contribution is -2.51. The number of aromatic nitrogens is 2. The van der Waals surface area contributed by atoms with E-state index in [-0.39, 0.29) is 24.2 Å². The number of anilines is 1. The zero-order valence-corrected chi connectivity index (χ0v) is 15.9. The van der Waals surface area contributed by atoms with Crippen LogP contribution in [0.4, 0.5) is 5.69 Å². The second kappa shape index (κ2) is 8.11. The summed E-state index contributed by atoms with van der Waals surface area (Å²) in [5.74, 6) is -0.212. The van der Waals surface area contributed by atoms with E-state index in [0.717, 1.165) is 13.1 Å². The van der Waals surface area contributed by atoms with Crippen LogP contribution < -0.4 is 15.0 Å². The van der Waals surface area contributed by atoms with Gasteiger partial charge in [-0.2, -0.15) is 0 Å². The van der Waals surface area contributed by atoms with Crippen LogP contribution in [0.2, 0.25) is 0 Å². The fourth-order valence-corrected chi connectivity index (χ4v) is 3.18. The van der Waals surface area contributed by atoms with Crippen molar-refractivity contribution in [2.45, 2.75) is 6.92 Å². The second-order valence-electron chi connectivity index (χ2n) is 6.62. The van der Waals surface area contributed by atoms with Gasteiger partial charge in [0.05, 0.1) is 13.7 Å². The molecule has 0 saturated carbocycles. The van der Waals surface area contributed by atoms with Crippen molar-refractivity contribution in [3.63, 3.8) is 0 Å². The number of methoxy groups -OCH3 is 1. The molecule has 0 atom stereocenters. The average Bonchev–Trinajstić information content (AvgIpc) is 3.07. The Hall–Kier alpha value is -3.03. The maximum Gasteiger partial charge on any atom is 0.258 e. The highest BCUT2D eigenvalue weighted by Gasteiger charge is 2.23. The van der Waals surface area contributed by atoms with E-state index in [1.165, 1.54) is 23.0 Å². The molecule has 0 bridgehead atoms. The molecule has 0 aliphatic carbocycles. The molecule has 0 unspecified atom stereocenters. The number of benzene rings is 1. The minimum atomic E-state index is -0.369. The summed E-state index contributed by atoms with van der Waals surface area (Å²) >= 11 is 0. The summed E-state index contributed by atoms with van der Waals surface area (Å²) in [7, 11) is 3.16. The monoisotopic (exact) mass is 371 g/mol. The maximum absolute atomic E-state index is 12.4. The van der Waals surface area contributed by atoms with Gasteiger partial charge in [0, 0.05) is 45.1 Å². The molecule has 144 valence electrons. The number of piperazine rings is 1. The van der Waals surface area contributed by atoms with Crippen LogP contribution in [0.5, 0.6) is 5.88 Å². The highest BCUT2D eigenvalue weighted by Crippen LogP contribution is 2.18. The molecule has 1 N–H and O–H groups in total. The van der Waals surface area contributed by atoms with Gasteiger partial charge in [0.2, 0.25) is 11.8 Å². The minimum absolute atomic E-state index is 0.0404. The van der Waals surface area contributed by atoms with Gasteiger partial charge in [-0.1, -0.05) is 12.1 Å². The minimum Gasteiger partial charge on any atom is -0.479 e. The number of carbonyl (C=O) groups excluding carboxylic acids is 2. The molecule has 27 heavy (non-hydrogen) atoms. The fraction of sp³-hybridized carbons (Fsp3) is 0.421. The van der Waals surface area contributed by atoms with Crippen LogP contribution in [-0.2, 0) is 11.8 Å². The third-order valence-electron chi connectivity index (χ3n) is 4.63. The third-order valence-corrected chi connectivity index (χ3v) is 4.63. The zero-order chi connectivity index (χ0) is 19.4. The van der Waals surface area contributed by atoms with Crippen LogP contribution in [0.1, 0.15) is 15.9 Å². The summed E-state index contributed by atoms with van der Waals surface area (Å²) in [4.78, 5) is 28.8. The van der Waals surface area contributed by atoms with E-state index in [2.05, 4.69) is 40.4 Å². The lowest BCUT2D eigenvalue weighted by Gasteiger charge is -2.36. The van der Waals surface area contributed by atoms with Crippen molar-refractivity contribution in [2.75, 3.05) is 44.7 Å². The molecule has 1 aliphatic rings. The van der Waals surface area contributed by atoms with Crippen molar-refractivity contribution in [1.29, 1.82) is 0 Å². The lowest BCUT2D eigenvalue weighted by atomic mass is 10.2. The van der Waals surface area contributed by atoms with Crippen molar-refractivity contribution in [3.05, 3.63) is 41.6 Å². The average molecular weight is 371 g/mol. The van der Waals surface area contributed by atoms with Crippen LogP contribution >= 0.6 is 0 Å². The molecular formula is C19H25N5O3. The molecule has 1 saturated heterocycles. The van der Waals surface area contributed by atoms with Crippen molar-refractivity contribution in [2.24, 2.45) is 7.05 Å². The Morgan fingerprint density at radius 2 is 1.96 bits per heavy atom. The fourth-order valence-electron chi connectivity index (χ4n) is 3.18. The predicted molar refractivity (Wildman–Crippen MR) is 102 cm³/mol. The van der Waals surface area contributed by atoms with E-state index in [9.17, 15) is 9.59 Å². The normalized spacial score (nSPS) is 14.2. The Kier molecular flexibility index (Phi) is 5.63. The van der Waals surface area contributed by atoms with E-state index in [1.807, 2.05) is 6.07 Å². The molecule has 0 radical (unpaired) electrons. The van der Waals surface area contributed by atoms with Gasteiger partial charge < -0.3 is 19.9 Å². The molecule has 8 heteroatoms. The van der Waals surface area contributed by atoms with Crippen LogP contribution in [0, 0.1) is 6.92 Å². The summed E-state index contributed by atoms with van der Waals surface area (Å²) < 4.78 is 6.58. The molecule has 2 heterocycles. The van der Waals surface area contributed by atoms with Gasteiger partial charge in [0.15, 0.2) is 0 Å². The largest absolute Gasteiger partial charge is 0.479 e. The molecule has 2 amide bonds. The molecular weight excluding hydrogens is 346 g/mol. The molecule has 8 nitrogen and oxygen atoms in total. The molecule has 2 aromatic rings. The highest BCUT2D eigenvalue weighted by atomic mass is 16.5. The maximum atomic E-state index is 12.4. The van der Waals surface area contributed by atoms with E-state index in [4.69, 9.17) is 4.74 Å². The van der Waals surface area contributed by atoms with Gasteiger partial charge in [0.1, 0.15) is 5.56 Å². The van der Waals surface area contributed by atoms with Gasteiger partial charge in [0.25, 0.3) is 5.91 Å². The lowest BCUT2D eigenvalue weighted by molar-refractivity contribution is -0.130. The molecule has 1 fully saturated rings. The zero-order valence-electron chi connectivity index (χ0n) is 15.9. The van der Waals surface area contributed by atoms with Crippen molar-refractivity contribution >= 4 is 17.5 Å². The van der Waals surface area contributed by atoms with E-state index < -0.39 is 0 Å². The number of hydrogen-bond acceptors (Lipinski definition) is 5. The Labute approximate surface area is 158 Å². The molecule has 3 rings (SSSR count). The molecule has 1 aromatic carbocycles. The number of nitrogens with zero attached hydrogens (tertiary/aromatic N) is 4. The van der Waals surface area contributed by atoms with Crippen molar-refractivity contribution in [1.82, 2.24) is 20.0 Å². The van der Waals surface area contributed by atoms with Crippen LogP contribution in [-0.4, -0.2) is 66.3 Å². The van der Waals surface area contributed by atoms with Crippen molar-refractivity contribution < 1.29 is 14.3 Å². The number of aryl methyl sites for hydroxylation is 2. The van der Waals surface area contributed by atoms with Gasteiger partial charge in [-0.3, -0.25) is 14.3 Å². The SMILES string of the molecule is COc1nn(C)cc1C(=O)NCC(=O)N1CCN(c2cccc(C)c2)CC1. The van der Waals surface area contributed by atoms with Gasteiger partial charge >= 0.3 is 0 Å². The number of amides is 2. The first-order valence-corrected chi connectivity index (χ1v) is 8.93. The Bertz CT molecular complexity index is 825. The summed E-state index contributed by atoms with van der Waals surface area (Å²) in [6.45, 7) is 4.86. The van der Waals surface area contributed by atoms with Crippen molar-refractivity contribution in [3.8, 4) is 5.88 Å². The Balaban J connectivity index is 1.50. The second-order valence-corrected chi connectivity index (χ2v) is 6.62. The van der Waals surface area contributed by atoms with E-state index in [0.29, 0.717) is 18.7 Å². The Morgan fingerprint density at radius 1 is 1.22 bits per heavy atom. The number of nitrogens with one attached hydrogen (secondary N) is 1. The number of hydrogen-bond donors (Lipinski definition) is 1. The van der Waals surface area contributed by atoms with Crippen LogP contribution in [0.15, 0.2) is 30.5 Å². The summed E-state index contributed by atoms with van der Waals surface area (Å²) in [6.07, 6.45) is 1.57. The standard InChI is InChI=1S/C19H25N5O3/c1-14-5-4-6-15(11-14)23-7-9-24(10-8-23)17(25)12-20-18(26)16-13-22(2)21-19(16)27-3/h4-6,11,13H,7-10,12H2,1-3H3,(H,20,26). The number of carbonyl (C=O) groups is 2. The smallest absolute Gasteiger partial charge is 0.258 e. The number of ether oxygens (including phenoxy) is 1. The van der Waals surface area contributed by atoms with Crippen LogP contribution in [0.25, 0.3) is 0 Å². The van der Waals surface area contributed by atoms with Gasteiger partial charge in [-0.15, -0.1) is 5.10 Å². The van der Waals surface area contributed by atoms with E-state index >= 15 is 0 Å². The Morgan fingerprint density at radius 3 is 2.63 bits per heavy atom. The molecule has 0 spiro atoms. The highest BCUT2D eigenvalue weighted by molar-refractivity contribution is 5.98. The molecule has 1 aromatic heterocycles. The molecule has 1 aliphatic heterocycles. The number of rotatable bonds is 5. The van der Waals surface area contributed by atoms with Gasteiger partial charge in [-0.25, -0.2) is 0 Å². The first kappa shape index (κ1) is 18.8. The summed E-state index contributed by atoms with van der Waals surface area (Å²) in [5, 5.41) is 6.70. The quantitative estimate of drug-likeness (QED) is 0.842. The third kappa shape index (κ3) is 4.39. The predicted octanol–water partition coefficient (Wildman–Crippen LogP) is 0.816. The van der Waals surface area contributed by atoms with E-state index in [1.54, 1.807) is 18.1 Å². The summed E-state index contributed by atoms with van der Waals surface area (Å²) in [5.41, 5.74) is 2.72.